The molecule has 0 fully saturated rings. The largest absolute Gasteiger partial charge is 0.477 e. The Morgan fingerprint density at radius 3 is 1.62 bits per heavy atom. The molecule has 0 aliphatic heterocycles. The maximum atomic E-state index is 10.7. The van der Waals surface area contributed by atoms with Gasteiger partial charge in [-0.05, 0) is 6.42 Å². The zero-order valence-corrected chi connectivity index (χ0v) is 17.6. The summed E-state index contributed by atoms with van der Waals surface area (Å²) in [5.41, 5.74) is 0. The fourth-order valence-electron chi connectivity index (χ4n) is 3.12. The third-order valence-corrected chi connectivity index (χ3v) is 4.72. The molecular formula is C21H44NO4+. The van der Waals surface area contributed by atoms with Gasteiger partial charge in [0, 0.05) is 6.42 Å². The third-order valence-electron chi connectivity index (χ3n) is 4.72. The highest BCUT2D eigenvalue weighted by molar-refractivity contribution is 5.67. The van der Waals surface area contributed by atoms with Crippen LogP contribution in [0.25, 0.3) is 0 Å². The summed E-state index contributed by atoms with van der Waals surface area (Å²) in [7, 11) is 3.84. The molecule has 5 heteroatoms. The number of carbonyl (C=O) groups is 1. The molecule has 0 bridgehead atoms. The van der Waals surface area contributed by atoms with E-state index in [1.165, 1.54) is 70.6 Å². The lowest BCUT2D eigenvalue weighted by molar-refractivity contribution is -0.883. The minimum atomic E-state index is -0.765. The Balaban J connectivity index is 3.17. The van der Waals surface area contributed by atoms with E-state index < -0.39 is 5.97 Å². The van der Waals surface area contributed by atoms with Crippen molar-refractivity contribution in [2.24, 2.45) is 0 Å². The summed E-state index contributed by atoms with van der Waals surface area (Å²) in [5, 5.41) is 8.82. The maximum Gasteiger partial charge on any atom is 0.359 e. The van der Waals surface area contributed by atoms with Crippen molar-refractivity contribution in [1.82, 2.24) is 0 Å². The first-order valence-electron chi connectivity index (χ1n) is 10.8. The minimum absolute atomic E-state index is 0.139. The third kappa shape index (κ3) is 19.7. The van der Waals surface area contributed by atoms with Crippen LogP contribution < -0.4 is 0 Å². The molecule has 156 valence electrons. The van der Waals surface area contributed by atoms with Gasteiger partial charge in [0.05, 0.1) is 33.9 Å². The summed E-state index contributed by atoms with van der Waals surface area (Å²) in [6, 6.07) is 0. The van der Waals surface area contributed by atoms with E-state index in [-0.39, 0.29) is 6.54 Å². The van der Waals surface area contributed by atoms with Crippen molar-refractivity contribution in [3.8, 4) is 0 Å². The van der Waals surface area contributed by atoms with Gasteiger partial charge in [0.15, 0.2) is 6.54 Å². The van der Waals surface area contributed by atoms with Gasteiger partial charge in [-0.15, -0.1) is 0 Å². The van der Waals surface area contributed by atoms with Gasteiger partial charge < -0.3 is 9.59 Å². The number of rotatable bonds is 20. The molecule has 0 radical (unpaired) electrons. The number of hydrogen-bond donors (Lipinski definition) is 1. The molecule has 0 aliphatic carbocycles. The monoisotopic (exact) mass is 374 g/mol. The minimum Gasteiger partial charge on any atom is -0.477 e. The molecule has 0 saturated heterocycles. The lowest BCUT2D eigenvalue weighted by Gasteiger charge is -2.27. The summed E-state index contributed by atoms with van der Waals surface area (Å²) in [5.74, 6) is -0.765. The highest BCUT2D eigenvalue weighted by Crippen LogP contribution is 2.12. The van der Waals surface area contributed by atoms with E-state index in [0.717, 1.165) is 19.4 Å². The number of hydrogen-bond acceptors (Lipinski definition) is 3. The van der Waals surface area contributed by atoms with Gasteiger partial charge in [-0.3, -0.25) is 0 Å². The van der Waals surface area contributed by atoms with Crippen LogP contribution in [0.3, 0.4) is 0 Å². The molecule has 0 atom stereocenters. The molecule has 0 saturated carbocycles. The maximum absolute atomic E-state index is 10.7. The molecule has 0 unspecified atom stereocenters. The summed E-state index contributed by atoms with van der Waals surface area (Å²) >= 11 is 0. The van der Waals surface area contributed by atoms with Gasteiger partial charge in [-0.25, -0.2) is 14.6 Å². The average Bonchev–Trinajstić information content (AvgIpc) is 2.56. The van der Waals surface area contributed by atoms with Crippen molar-refractivity contribution in [2.45, 2.75) is 90.4 Å². The Morgan fingerprint density at radius 2 is 1.15 bits per heavy atom. The number of unbranched alkanes of at least 4 members (excludes halogenated alkanes) is 11. The lowest BCUT2D eigenvalue weighted by Crippen LogP contribution is -2.44. The molecule has 1 N–H and O–H groups in total. The number of aliphatic carboxylic acids is 1. The molecule has 0 aromatic heterocycles. The first kappa shape index (κ1) is 25.4. The topological polar surface area (TPSA) is 55.8 Å². The van der Waals surface area contributed by atoms with Crippen LogP contribution >= 0.6 is 0 Å². The first-order chi connectivity index (χ1) is 12.5. The fourth-order valence-corrected chi connectivity index (χ4v) is 3.12. The average molecular weight is 375 g/mol. The van der Waals surface area contributed by atoms with E-state index >= 15 is 0 Å². The van der Waals surface area contributed by atoms with E-state index in [4.69, 9.17) is 14.9 Å². The fraction of sp³-hybridized carbons (Fsp3) is 0.952. The van der Waals surface area contributed by atoms with Gasteiger partial charge in [0.2, 0.25) is 0 Å². The number of quaternary nitrogens is 1. The Labute approximate surface area is 161 Å². The quantitative estimate of drug-likeness (QED) is 0.138. The zero-order valence-electron chi connectivity index (χ0n) is 17.6. The van der Waals surface area contributed by atoms with Crippen molar-refractivity contribution in [3.63, 3.8) is 0 Å². The van der Waals surface area contributed by atoms with Crippen LogP contribution in [-0.2, 0) is 14.6 Å². The standard InChI is InChI=1S/C21H43NO4/c1-4-5-6-7-8-9-10-11-12-13-14-15-18-25-26-19-16-17-22(2,3)20-21(23)24/h4-20H2,1-3H3/p+1. The van der Waals surface area contributed by atoms with Crippen LogP contribution in [0, 0.1) is 0 Å². The summed E-state index contributed by atoms with van der Waals surface area (Å²) in [6.45, 7) is 4.36. The predicted octanol–water partition coefficient (Wildman–Crippen LogP) is 5.19. The van der Waals surface area contributed by atoms with E-state index in [2.05, 4.69) is 6.92 Å². The molecule has 0 aromatic rings. The van der Waals surface area contributed by atoms with E-state index in [1.54, 1.807) is 0 Å². The molecule has 0 spiro atoms. The van der Waals surface area contributed by atoms with Gasteiger partial charge in [-0.2, -0.15) is 0 Å². The van der Waals surface area contributed by atoms with Crippen LogP contribution in [0.1, 0.15) is 90.4 Å². The van der Waals surface area contributed by atoms with Gasteiger partial charge >= 0.3 is 5.97 Å². The van der Waals surface area contributed by atoms with Crippen molar-refractivity contribution >= 4 is 5.97 Å². The Morgan fingerprint density at radius 1 is 0.731 bits per heavy atom. The molecule has 0 amide bonds. The number of carboxylic acid groups (broad SMARTS) is 1. The van der Waals surface area contributed by atoms with Crippen molar-refractivity contribution in [3.05, 3.63) is 0 Å². The van der Waals surface area contributed by atoms with Crippen LogP contribution in [0.2, 0.25) is 0 Å². The molecule has 0 aromatic carbocycles. The van der Waals surface area contributed by atoms with Crippen molar-refractivity contribution < 1.29 is 24.2 Å². The van der Waals surface area contributed by atoms with E-state index in [9.17, 15) is 4.79 Å². The molecule has 26 heavy (non-hydrogen) atoms. The lowest BCUT2D eigenvalue weighted by atomic mass is 10.1. The number of nitrogens with zero attached hydrogens (tertiary/aromatic N) is 1. The highest BCUT2D eigenvalue weighted by Gasteiger charge is 2.18. The number of carboxylic acids is 1. The van der Waals surface area contributed by atoms with E-state index in [0.29, 0.717) is 17.7 Å². The van der Waals surface area contributed by atoms with Crippen LogP contribution in [-0.4, -0.2) is 56.0 Å². The molecule has 0 aliphatic rings. The van der Waals surface area contributed by atoms with Crippen molar-refractivity contribution in [2.75, 3.05) is 40.4 Å². The van der Waals surface area contributed by atoms with Crippen LogP contribution in [0.5, 0.6) is 0 Å². The van der Waals surface area contributed by atoms with E-state index in [1.807, 2.05) is 14.1 Å². The Hall–Kier alpha value is -0.650. The van der Waals surface area contributed by atoms with Gasteiger partial charge in [0.25, 0.3) is 0 Å². The van der Waals surface area contributed by atoms with Crippen LogP contribution in [0.4, 0.5) is 0 Å². The predicted molar refractivity (Wildman–Crippen MR) is 107 cm³/mol. The Kier molecular flexibility index (Phi) is 17.3. The molecule has 0 rings (SSSR count). The summed E-state index contributed by atoms with van der Waals surface area (Å²) in [4.78, 5) is 21.1. The van der Waals surface area contributed by atoms with Crippen molar-refractivity contribution in [1.29, 1.82) is 0 Å². The molecular weight excluding hydrogens is 330 g/mol. The second-order valence-corrected chi connectivity index (χ2v) is 8.10. The highest BCUT2D eigenvalue weighted by atomic mass is 17.2. The first-order valence-corrected chi connectivity index (χ1v) is 10.8. The van der Waals surface area contributed by atoms with Gasteiger partial charge in [0.1, 0.15) is 0 Å². The summed E-state index contributed by atoms with van der Waals surface area (Å²) in [6.07, 6.45) is 16.8. The SMILES string of the molecule is CCCCCCCCCCCCCCOOCCC[N+](C)(C)CC(=O)O. The molecule has 5 nitrogen and oxygen atoms in total. The number of likely N-dealkylation sites (N-methyl/N-ethyl adjacent to an activating group) is 1. The smallest absolute Gasteiger partial charge is 0.359 e. The van der Waals surface area contributed by atoms with Crippen LogP contribution in [0.15, 0.2) is 0 Å². The normalized spacial score (nSPS) is 11.8. The zero-order chi connectivity index (χ0) is 19.5. The second kappa shape index (κ2) is 17.7. The Bertz CT molecular complexity index is 321. The second-order valence-electron chi connectivity index (χ2n) is 8.10. The molecule has 0 heterocycles. The van der Waals surface area contributed by atoms with Gasteiger partial charge in [-0.1, -0.05) is 77.6 Å². The summed E-state index contributed by atoms with van der Waals surface area (Å²) < 4.78 is 0.470.